The molecule has 5 rings (SSSR count). The first-order valence-corrected chi connectivity index (χ1v) is 10.9. The van der Waals surface area contributed by atoms with E-state index in [-0.39, 0.29) is 0 Å². The van der Waals surface area contributed by atoms with Crippen LogP contribution in [-0.2, 0) is 25.5 Å². The quantitative estimate of drug-likeness (QED) is 0.226. The smallest absolute Gasteiger partial charge is 0.323 e. The minimum Gasteiger partial charge on any atom is -0.468 e. The minimum atomic E-state index is -1.29. The molecule has 0 N–H and O–H groups in total. The molecule has 0 aromatic heterocycles. The largest absolute Gasteiger partial charge is 0.468 e. The van der Waals surface area contributed by atoms with Crippen molar-refractivity contribution in [3.8, 4) is 0 Å². The lowest BCUT2D eigenvalue weighted by molar-refractivity contribution is -0.168. The highest BCUT2D eigenvalue weighted by Crippen LogP contribution is 2.49. The molecule has 2 aliphatic rings. The summed E-state index contributed by atoms with van der Waals surface area (Å²) in [6, 6.07) is 17.0. The van der Waals surface area contributed by atoms with Crippen LogP contribution in [0, 0.1) is 5.41 Å². The number of carbonyl (C=O) groups excluding carboxylic acids is 2. The Morgan fingerprint density at radius 3 is 1.84 bits per heavy atom. The number of fused-ring (bicyclic) bond motifs is 6. The van der Waals surface area contributed by atoms with Gasteiger partial charge in [-0.1, -0.05) is 71.3 Å². The van der Waals surface area contributed by atoms with Gasteiger partial charge in [0.05, 0.1) is 14.2 Å². The van der Waals surface area contributed by atoms with Gasteiger partial charge in [-0.3, -0.25) is 9.59 Å². The van der Waals surface area contributed by atoms with Gasteiger partial charge in [-0.2, -0.15) is 0 Å². The normalized spacial score (nSPS) is 18.9. The molecular formula is C28H26O4. The Kier molecular flexibility index (Phi) is 4.89. The van der Waals surface area contributed by atoms with Crippen molar-refractivity contribution in [2.75, 3.05) is 14.2 Å². The van der Waals surface area contributed by atoms with Crippen LogP contribution in [-0.4, -0.2) is 26.2 Å². The topological polar surface area (TPSA) is 52.6 Å². The lowest BCUT2D eigenvalue weighted by atomic mass is 9.82. The van der Waals surface area contributed by atoms with E-state index in [1.165, 1.54) is 52.5 Å². The maximum Gasteiger partial charge on any atom is 0.323 e. The Hall–Kier alpha value is -3.40. The molecule has 3 aromatic rings. The summed E-state index contributed by atoms with van der Waals surface area (Å²) in [5, 5.41) is 4.91. The molecule has 0 spiro atoms. The van der Waals surface area contributed by atoms with E-state index in [1.807, 2.05) is 0 Å². The third-order valence-electron chi connectivity index (χ3n) is 7.04. The van der Waals surface area contributed by atoms with Crippen molar-refractivity contribution < 1.29 is 19.1 Å². The number of methoxy groups -OCH3 is 2. The van der Waals surface area contributed by atoms with Crippen LogP contribution in [0.2, 0.25) is 0 Å². The number of carbonyl (C=O) groups is 2. The molecule has 0 fully saturated rings. The average Bonchev–Trinajstić information content (AvgIpc) is 3.17. The summed E-state index contributed by atoms with van der Waals surface area (Å²) < 4.78 is 10.1. The lowest BCUT2D eigenvalue weighted by Crippen LogP contribution is -2.39. The first-order chi connectivity index (χ1) is 15.5. The number of esters is 2. The molecule has 0 saturated carbocycles. The fourth-order valence-electron chi connectivity index (χ4n) is 5.62. The van der Waals surface area contributed by atoms with Crippen molar-refractivity contribution in [2.45, 2.75) is 32.6 Å². The zero-order valence-corrected chi connectivity index (χ0v) is 18.7. The highest BCUT2D eigenvalue weighted by molar-refractivity contribution is 6.13. The van der Waals surface area contributed by atoms with Crippen LogP contribution in [0.15, 0.2) is 65.3 Å². The summed E-state index contributed by atoms with van der Waals surface area (Å²) in [7, 11) is 2.67. The van der Waals surface area contributed by atoms with Crippen LogP contribution in [0.1, 0.15) is 37.3 Å². The highest BCUT2D eigenvalue weighted by Gasteiger charge is 2.53. The van der Waals surface area contributed by atoms with Gasteiger partial charge in [-0.05, 0) is 65.3 Å². The van der Waals surface area contributed by atoms with Crippen LogP contribution in [0.25, 0.3) is 27.6 Å². The van der Waals surface area contributed by atoms with E-state index in [4.69, 9.17) is 9.47 Å². The van der Waals surface area contributed by atoms with E-state index in [1.54, 1.807) is 0 Å². The molecule has 32 heavy (non-hydrogen) atoms. The van der Waals surface area contributed by atoms with Gasteiger partial charge in [0.1, 0.15) is 0 Å². The maximum atomic E-state index is 12.8. The second kappa shape index (κ2) is 7.63. The zero-order chi connectivity index (χ0) is 22.5. The molecule has 0 atom stereocenters. The fourth-order valence-corrected chi connectivity index (χ4v) is 5.62. The summed E-state index contributed by atoms with van der Waals surface area (Å²) in [6.07, 6.45) is 4.43. The van der Waals surface area contributed by atoms with Crippen molar-refractivity contribution >= 4 is 39.6 Å². The van der Waals surface area contributed by atoms with E-state index in [9.17, 15) is 9.59 Å². The third kappa shape index (κ3) is 2.97. The summed E-state index contributed by atoms with van der Waals surface area (Å²) in [5.74, 6) is -1.03. The van der Waals surface area contributed by atoms with Crippen molar-refractivity contribution in [2.24, 2.45) is 5.41 Å². The predicted molar refractivity (Wildman–Crippen MR) is 126 cm³/mol. The van der Waals surface area contributed by atoms with Crippen molar-refractivity contribution in [3.05, 3.63) is 76.4 Å². The summed E-state index contributed by atoms with van der Waals surface area (Å²) >= 11 is 0. The van der Waals surface area contributed by atoms with E-state index in [0.29, 0.717) is 19.3 Å². The number of benzene rings is 3. The van der Waals surface area contributed by atoms with Crippen LogP contribution in [0.4, 0.5) is 0 Å². The number of allylic oxidation sites excluding steroid dienone is 3. The van der Waals surface area contributed by atoms with Crippen molar-refractivity contribution in [1.29, 1.82) is 0 Å². The SMILES string of the molecule is COC(=O)C1(C(=O)OC)CC2=C(Cc3c(c4ccccc4c4ccccc34)/C=C(/C)C2)C1. The number of hydrogen-bond donors (Lipinski definition) is 0. The Morgan fingerprint density at radius 2 is 1.25 bits per heavy atom. The van der Waals surface area contributed by atoms with E-state index >= 15 is 0 Å². The van der Waals surface area contributed by atoms with Gasteiger partial charge < -0.3 is 9.47 Å². The van der Waals surface area contributed by atoms with Gasteiger partial charge in [0.15, 0.2) is 5.41 Å². The summed E-state index contributed by atoms with van der Waals surface area (Å²) in [6.45, 7) is 2.12. The zero-order valence-electron chi connectivity index (χ0n) is 18.7. The maximum absolute atomic E-state index is 12.8. The van der Waals surface area contributed by atoms with Crippen LogP contribution < -0.4 is 0 Å². The second-order valence-electron chi connectivity index (χ2n) is 8.95. The molecule has 162 valence electrons. The van der Waals surface area contributed by atoms with E-state index < -0.39 is 17.4 Å². The Labute approximate surface area is 187 Å². The first kappa shape index (κ1) is 20.5. The van der Waals surface area contributed by atoms with Gasteiger partial charge in [0.2, 0.25) is 0 Å². The number of hydrogen-bond acceptors (Lipinski definition) is 4. The molecule has 2 aliphatic carbocycles. The van der Waals surface area contributed by atoms with Gasteiger partial charge in [-0.25, -0.2) is 0 Å². The van der Waals surface area contributed by atoms with Crippen LogP contribution in [0.3, 0.4) is 0 Å². The molecule has 3 aromatic carbocycles. The van der Waals surface area contributed by atoms with Gasteiger partial charge >= 0.3 is 11.9 Å². The fraction of sp³-hybridized carbons (Fsp3) is 0.286. The molecule has 0 saturated heterocycles. The van der Waals surface area contributed by atoms with Crippen molar-refractivity contribution in [3.63, 3.8) is 0 Å². The molecule has 0 bridgehead atoms. The summed E-state index contributed by atoms with van der Waals surface area (Å²) in [4.78, 5) is 25.6. The van der Waals surface area contributed by atoms with Crippen LogP contribution >= 0.6 is 0 Å². The van der Waals surface area contributed by atoms with Gasteiger partial charge in [0, 0.05) is 0 Å². The standard InChI is InChI=1S/C28H26O4/c1-17-12-18-15-28(26(29)31-2,27(30)32-3)16-19(18)14-25-23-11-7-5-9-21(23)20-8-4-6-10-22(20)24(25)13-17/h4-11,13H,12,14-16H2,1-3H3/b17-13-. The van der Waals surface area contributed by atoms with Gasteiger partial charge in [-0.15, -0.1) is 0 Å². The molecule has 0 radical (unpaired) electrons. The second-order valence-corrected chi connectivity index (χ2v) is 8.95. The Bertz CT molecular complexity index is 1330. The molecule has 0 unspecified atom stereocenters. The van der Waals surface area contributed by atoms with Crippen molar-refractivity contribution in [1.82, 2.24) is 0 Å². The number of rotatable bonds is 2. The number of ether oxygens (including phenoxy) is 2. The minimum absolute atomic E-state index is 0.343. The van der Waals surface area contributed by atoms with E-state index in [2.05, 4.69) is 61.5 Å². The monoisotopic (exact) mass is 426 g/mol. The van der Waals surface area contributed by atoms with Crippen LogP contribution in [0.5, 0.6) is 0 Å². The average molecular weight is 427 g/mol. The molecule has 0 amide bonds. The van der Waals surface area contributed by atoms with Gasteiger partial charge in [0.25, 0.3) is 0 Å². The summed E-state index contributed by atoms with van der Waals surface area (Å²) in [5.41, 5.74) is 4.70. The Morgan fingerprint density at radius 1 is 0.750 bits per heavy atom. The molecular weight excluding hydrogens is 400 g/mol. The predicted octanol–water partition coefficient (Wildman–Crippen LogP) is 5.77. The van der Waals surface area contributed by atoms with E-state index in [0.717, 1.165) is 17.6 Å². The first-order valence-electron chi connectivity index (χ1n) is 10.9. The third-order valence-corrected chi connectivity index (χ3v) is 7.04. The Balaban J connectivity index is 1.73. The molecule has 4 heteroatoms. The highest BCUT2D eigenvalue weighted by atomic mass is 16.5. The molecule has 0 aliphatic heterocycles. The molecule has 4 nitrogen and oxygen atoms in total. The lowest BCUT2D eigenvalue weighted by Gasteiger charge is -2.23. The molecule has 0 heterocycles.